The monoisotopic (exact) mass is 290 g/mol. The van der Waals surface area contributed by atoms with Crippen LogP contribution in [0.15, 0.2) is 18.2 Å². The van der Waals surface area contributed by atoms with Crippen LogP contribution in [0.5, 0.6) is 0 Å². The highest BCUT2D eigenvalue weighted by Gasteiger charge is 2.21. The molecule has 0 aromatic heterocycles. The van der Waals surface area contributed by atoms with E-state index in [-0.39, 0.29) is 17.2 Å². The van der Waals surface area contributed by atoms with E-state index in [1.165, 1.54) is 19.9 Å². The molecule has 106 valence electrons. The van der Waals surface area contributed by atoms with E-state index in [1.807, 2.05) is 0 Å². The number of hydrogen-bond donors (Lipinski definition) is 1. The number of hydrogen-bond acceptors (Lipinski definition) is 5. The third-order valence-electron chi connectivity index (χ3n) is 2.52. The van der Waals surface area contributed by atoms with Crippen molar-refractivity contribution in [1.29, 1.82) is 0 Å². The molecular formula is C11H15FN2O4S. The molecule has 0 spiro atoms. The van der Waals surface area contributed by atoms with E-state index in [2.05, 4.69) is 5.32 Å². The second kappa shape index (κ2) is 5.96. The number of nitrogens with one attached hydrogen (secondary N) is 1. The molecule has 1 atom stereocenters. The third-order valence-corrected chi connectivity index (χ3v) is 4.41. The smallest absolute Gasteiger partial charge is 0.295 e. The van der Waals surface area contributed by atoms with Gasteiger partial charge in [-0.2, -0.15) is 0 Å². The zero-order valence-electron chi connectivity index (χ0n) is 10.6. The molecule has 0 saturated heterocycles. The molecule has 1 N–H and O–H groups in total. The van der Waals surface area contributed by atoms with Crippen LogP contribution in [-0.2, 0) is 9.84 Å². The minimum Gasteiger partial charge on any atom is -0.374 e. The number of benzene rings is 1. The van der Waals surface area contributed by atoms with E-state index >= 15 is 0 Å². The van der Waals surface area contributed by atoms with E-state index in [0.29, 0.717) is 0 Å². The first-order valence-corrected chi connectivity index (χ1v) is 7.49. The summed E-state index contributed by atoms with van der Waals surface area (Å²) in [7, 11) is -3.24. The summed E-state index contributed by atoms with van der Waals surface area (Å²) in [6.45, 7) is 3.04. The molecule has 6 nitrogen and oxygen atoms in total. The van der Waals surface area contributed by atoms with Crippen LogP contribution < -0.4 is 5.32 Å². The van der Waals surface area contributed by atoms with Gasteiger partial charge in [-0.15, -0.1) is 0 Å². The van der Waals surface area contributed by atoms with Crippen molar-refractivity contribution in [1.82, 2.24) is 0 Å². The van der Waals surface area contributed by atoms with E-state index in [0.717, 1.165) is 12.1 Å². The van der Waals surface area contributed by atoms with Gasteiger partial charge in [0.05, 0.1) is 10.7 Å². The van der Waals surface area contributed by atoms with Crippen molar-refractivity contribution < 1.29 is 17.7 Å². The topological polar surface area (TPSA) is 89.3 Å². The van der Waals surface area contributed by atoms with Crippen molar-refractivity contribution in [3.8, 4) is 0 Å². The van der Waals surface area contributed by atoms with Crippen LogP contribution in [0.4, 0.5) is 15.8 Å². The van der Waals surface area contributed by atoms with Gasteiger partial charge in [0.1, 0.15) is 5.69 Å². The van der Waals surface area contributed by atoms with Gasteiger partial charge in [0.2, 0.25) is 0 Å². The van der Waals surface area contributed by atoms with Crippen molar-refractivity contribution in [2.24, 2.45) is 0 Å². The summed E-state index contributed by atoms with van der Waals surface area (Å²) in [5, 5.41) is 13.3. The lowest BCUT2D eigenvalue weighted by molar-refractivity contribution is -0.384. The Morgan fingerprint density at radius 3 is 2.63 bits per heavy atom. The quantitative estimate of drug-likeness (QED) is 0.639. The fourth-order valence-corrected chi connectivity index (χ4v) is 2.68. The maximum Gasteiger partial charge on any atom is 0.295 e. The fourth-order valence-electron chi connectivity index (χ4n) is 1.59. The van der Waals surface area contributed by atoms with Crippen molar-refractivity contribution in [3.63, 3.8) is 0 Å². The van der Waals surface area contributed by atoms with Gasteiger partial charge in [-0.1, -0.05) is 13.0 Å². The molecule has 1 unspecified atom stereocenters. The Balaban J connectivity index is 2.97. The summed E-state index contributed by atoms with van der Waals surface area (Å²) in [5.74, 6) is -1.03. The highest BCUT2D eigenvalue weighted by atomic mass is 32.2. The Labute approximate surface area is 110 Å². The molecule has 0 bridgehead atoms. The number of halogens is 1. The van der Waals surface area contributed by atoms with Crippen LogP contribution >= 0.6 is 0 Å². The summed E-state index contributed by atoms with van der Waals surface area (Å²) in [4.78, 5) is 10.1. The molecule has 1 aromatic carbocycles. The van der Waals surface area contributed by atoms with Crippen LogP contribution in [0.2, 0.25) is 0 Å². The zero-order valence-corrected chi connectivity index (χ0v) is 11.4. The fraction of sp³-hybridized carbons (Fsp3) is 0.455. The van der Waals surface area contributed by atoms with Crippen molar-refractivity contribution in [3.05, 3.63) is 34.1 Å². The lowest BCUT2D eigenvalue weighted by Gasteiger charge is -2.15. The number of sulfone groups is 1. The average molecular weight is 290 g/mol. The number of nitro benzene ring substituents is 1. The Hall–Kier alpha value is -1.70. The second-order valence-corrected chi connectivity index (χ2v) is 6.53. The minimum absolute atomic E-state index is 0.0294. The van der Waals surface area contributed by atoms with Gasteiger partial charge in [0, 0.05) is 17.9 Å². The van der Waals surface area contributed by atoms with E-state index in [4.69, 9.17) is 0 Å². The average Bonchev–Trinajstić information content (AvgIpc) is 2.30. The number of nitrogens with zero attached hydrogens (tertiary/aromatic N) is 1. The van der Waals surface area contributed by atoms with Crippen LogP contribution in [0.3, 0.4) is 0 Å². The summed E-state index contributed by atoms with van der Waals surface area (Å²) in [6.07, 6.45) is 0. The normalized spacial score (nSPS) is 13.0. The molecule has 0 aliphatic carbocycles. The first kappa shape index (κ1) is 15.4. The van der Waals surface area contributed by atoms with Gasteiger partial charge >= 0.3 is 0 Å². The number of para-hydroxylation sites is 1. The van der Waals surface area contributed by atoms with Crippen LogP contribution in [0, 0.1) is 15.9 Å². The predicted molar refractivity (Wildman–Crippen MR) is 70.5 cm³/mol. The van der Waals surface area contributed by atoms with E-state index in [9.17, 15) is 22.9 Å². The molecular weight excluding hydrogens is 275 g/mol. The van der Waals surface area contributed by atoms with Gasteiger partial charge in [-0.3, -0.25) is 10.1 Å². The standard InChI is InChI=1S/C11H15FN2O4S/c1-3-19(17,18)7-8(2)13-11-9(12)5-4-6-10(11)14(15)16/h4-6,8,13H,3,7H2,1-2H3. The van der Waals surface area contributed by atoms with Gasteiger partial charge in [0.15, 0.2) is 15.7 Å². The Bertz CT molecular complexity index is 574. The largest absolute Gasteiger partial charge is 0.374 e. The van der Waals surface area contributed by atoms with E-state index < -0.39 is 32.3 Å². The van der Waals surface area contributed by atoms with Crippen LogP contribution in [0.1, 0.15) is 13.8 Å². The number of nitro groups is 1. The van der Waals surface area contributed by atoms with Crippen molar-refractivity contribution >= 4 is 21.2 Å². The number of rotatable bonds is 6. The van der Waals surface area contributed by atoms with Gasteiger partial charge in [-0.25, -0.2) is 12.8 Å². The summed E-state index contributed by atoms with van der Waals surface area (Å²) in [6, 6.07) is 2.84. The molecule has 19 heavy (non-hydrogen) atoms. The van der Waals surface area contributed by atoms with Crippen LogP contribution in [-0.4, -0.2) is 30.9 Å². The molecule has 1 rings (SSSR count). The lowest BCUT2D eigenvalue weighted by atomic mass is 10.2. The lowest BCUT2D eigenvalue weighted by Crippen LogP contribution is -2.27. The van der Waals surface area contributed by atoms with E-state index in [1.54, 1.807) is 0 Å². The Kier molecular flexibility index (Phi) is 4.82. The molecule has 8 heteroatoms. The maximum absolute atomic E-state index is 13.6. The molecule has 0 saturated carbocycles. The highest BCUT2D eigenvalue weighted by Crippen LogP contribution is 2.27. The highest BCUT2D eigenvalue weighted by molar-refractivity contribution is 7.91. The maximum atomic E-state index is 13.6. The minimum atomic E-state index is -3.24. The first-order chi connectivity index (χ1) is 8.76. The molecule has 0 amide bonds. The summed E-state index contributed by atoms with van der Waals surface area (Å²) < 4.78 is 36.4. The second-order valence-electron chi connectivity index (χ2n) is 4.14. The molecule has 0 radical (unpaired) electrons. The Morgan fingerprint density at radius 2 is 2.11 bits per heavy atom. The zero-order chi connectivity index (χ0) is 14.6. The molecule has 0 fully saturated rings. The van der Waals surface area contributed by atoms with Crippen molar-refractivity contribution in [2.75, 3.05) is 16.8 Å². The van der Waals surface area contributed by atoms with Gasteiger partial charge in [-0.05, 0) is 13.0 Å². The van der Waals surface area contributed by atoms with Gasteiger partial charge in [0.25, 0.3) is 5.69 Å². The molecule has 0 aliphatic heterocycles. The predicted octanol–water partition coefficient (Wildman–Crippen LogP) is 1.97. The Morgan fingerprint density at radius 1 is 1.47 bits per heavy atom. The molecule has 0 aliphatic rings. The van der Waals surface area contributed by atoms with Gasteiger partial charge < -0.3 is 5.32 Å². The van der Waals surface area contributed by atoms with Crippen molar-refractivity contribution in [2.45, 2.75) is 19.9 Å². The number of anilines is 1. The molecule has 0 heterocycles. The summed E-state index contributed by atoms with van der Waals surface area (Å²) >= 11 is 0. The molecule has 1 aromatic rings. The first-order valence-electron chi connectivity index (χ1n) is 5.66. The summed E-state index contributed by atoms with van der Waals surface area (Å²) in [5.41, 5.74) is -0.702. The third kappa shape index (κ3) is 4.16. The van der Waals surface area contributed by atoms with Crippen LogP contribution in [0.25, 0.3) is 0 Å². The SMILES string of the molecule is CCS(=O)(=O)CC(C)Nc1c(F)cccc1[N+](=O)[O-].